The van der Waals surface area contributed by atoms with E-state index in [1.165, 1.54) is 30.5 Å². The van der Waals surface area contributed by atoms with Crippen LogP contribution < -0.4 is 14.4 Å². The normalized spacial score (nSPS) is 14.1. The lowest BCUT2D eigenvalue weighted by molar-refractivity contribution is -0.129. The van der Waals surface area contributed by atoms with Crippen LogP contribution in [0, 0.1) is 0 Å². The number of rotatable bonds is 6. The number of carbonyl (C=O) groups excluding carboxylic acids is 1. The molecule has 0 saturated carbocycles. The number of hydrogen-bond acceptors (Lipinski definition) is 6. The first-order chi connectivity index (χ1) is 16.6. The molecule has 0 unspecified atom stereocenters. The maximum absolute atomic E-state index is 12.7. The van der Waals surface area contributed by atoms with Crippen LogP contribution in [0.5, 0.6) is 11.6 Å². The summed E-state index contributed by atoms with van der Waals surface area (Å²) in [4.78, 5) is 19.5. The van der Waals surface area contributed by atoms with E-state index in [4.69, 9.17) is 39.5 Å². The number of hydrogen-bond donors (Lipinski definition) is 1. The summed E-state index contributed by atoms with van der Waals surface area (Å²) in [7, 11) is -3.98. The van der Waals surface area contributed by atoms with Crippen molar-refractivity contribution >= 4 is 62.1 Å². The molecule has 2 heterocycles. The quantitative estimate of drug-likeness (QED) is 0.444. The molecule has 1 aliphatic rings. The molecule has 8 nitrogen and oxygen atoms in total. The van der Waals surface area contributed by atoms with Gasteiger partial charge in [-0.2, -0.15) is 0 Å². The maximum atomic E-state index is 12.7. The number of halogens is 3. The van der Waals surface area contributed by atoms with Gasteiger partial charge in [-0.1, -0.05) is 34.8 Å². The van der Waals surface area contributed by atoms with Gasteiger partial charge in [-0.05, 0) is 48.5 Å². The van der Waals surface area contributed by atoms with Crippen LogP contribution in [0.2, 0.25) is 15.1 Å². The van der Waals surface area contributed by atoms with Crippen LogP contribution in [0.1, 0.15) is 6.92 Å². The van der Waals surface area contributed by atoms with Crippen molar-refractivity contribution in [2.45, 2.75) is 11.8 Å². The minimum atomic E-state index is -3.98. The van der Waals surface area contributed by atoms with Gasteiger partial charge in [0.1, 0.15) is 15.7 Å². The zero-order valence-corrected chi connectivity index (χ0v) is 21.6. The maximum Gasteiger partial charge on any atom is 0.263 e. The van der Waals surface area contributed by atoms with E-state index in [2.05, 4.69) is 14.6 Å². The molecule has 1 amide bonds. The van der Waals surface area contributed by atoms with Gasteiger partial charge in [0.2, 0.25) is 11.8 Å². The van der Waals surface area contributed by atoms with Crippen molar-refractivity contribution in [1.29, 1.82) is 0 Å². The van der Waals surface area contributed by atoms with Gasteiger partial charge in [0, 0.05) is 43.8 Å². The van der Waals surface area contributed by atoms with Crippen LogP contribution in [0.3, 0.4) is 0 Å². The average Bonchev–Trinajstić information content (AvgIpc) is 2.81. The van der Waals surface area contributed by atoms with Crippen molar-refractivity contribution in [2.24, 2.45) is 0 Å². The number of piperazine rings is 1. The van der Waals surface area contributed by atoms with Crippen molar-refractivity contribution < 1.29 is 17.9 Å². The first-order valence-corrected chi connectivity index (χ1v) is 13.2. The highest BCUT2D eigenvalue weighted by Crippen LogP contribution is 2.32. The van der Waals surface area contributed by atoms with Crippen molar-refractivity contribution in [3.63, 3.8) is 0 Å². The van der Waals surface area contributed by atoms with E-state index in [1.54, 1.807) is 19.1 Å². The van der Waals surface area contributed by atoms with Gasteiger partial charge < -0.3 is 14.5 Å². The summed E-state index contributed by atoms with van der Waals surface area (Å²) in [6.45, 7) is 4.47. The zero-order valence-electron chi connectivity index (χ0n) is 18.5. The molecule has 1 aliphatic heterocycles. The summed E-state index contributed by atoms with van der Waals surface area (Å²) < 4.78 is 33.5. The largest absolute Gasteiger partial charge is 0.438 e. The molecule has 0 atom stereocenters. The van der Waals surface area contributed by atoms with E-state index < -0.39 is 10.0 Å². The lowest BCUT2D eigenvalue weighted by Gasteiger charge is -2.35. The van der Waals surface area contributed by atoms with Crippen LogP contribution in [0.4, 0.5) is 11.4 Å². The van der Waals surface area contributed by atoms with E-state index in [9.17, 15) is 13.2 Å². The van der Waals surface area contributed by atoms with Crippen LogP contribution >= 0.6 is 34.8 Å². The van der Waals surface area contributed by atoms with Gasteiger partial charge in [-0.15, -0.1) is 0 Å². The summed E-state index contributed by atoms with van der Waals surface area (Å²) in [5.74, 6) is 0.735. The fourth-order valence-corrected chi connectivity index (χ4v) is 5.59. The number of amides is 1. The van der Waals surface area contributed by atoms with Crippen molar-refractivity contribution in [3.8, 4) is 11.6 Å². The SMILES string of the molecule is CC(=O)N1CCN(c2ccc(Oc3ncc(NS(=O)(=O)c4ccc(Cl)cc4Cl)cc3Cl)cc2)CC1. The predicted octanol–water partition coefficient (Wildman–Crippen LogP) is 5.30. The smallest absolute Gasteiger partial charge is 0.263 e. The highest BCUT2D eigenvalue weighted by Gasteiger charge is 2.20. The van der Waals surface area contributed by atoms with Gasteiger partial charge in [0.15, 0.2) is 0 Å². The fourth-order valence-electron chi connectivity index (χ4n) is 3.58. The van der Waals surface area contributed by atoms with Gasteiger partial charge >= 0.3 is 0 Å². The molecule has 184 valence electrons. The molecule has 35 heavy (non-hydrogen) atoms. The van der Waals surface area contributed by atoms with Gasteiger partial charge in [-0.3, -0.25) is 9.52 Å². The number of nitrogens with one attached hydrogen (secondary N) is 1. The first kappa shape index (κ1) is 25.4. The number of benzene rings is 2. The van der Waals surface area contributed by atoms with E-state index >= 15 is 0 Å². The Morgan fingerprint density at radius 2 is 1.66 bits per heavy atom. The van der Waals surface area contributed by atoms with Crippen molar-refractivity contribution in [1.82, 2.24) is 9.88 Å². The molecule has 0 aliphatic carbocycles. The highest BCUT2D eigenvalue weighted by molar-refractivity contribution is 7.92. The Morgan fingerprint density at radius 1 is 0.971 bits per heavy atom. The Balaban J connectivity index is 1.41. The van der Waals surface area contributed by atoms with E-state index in [0.717, 1.165) is 18.8 Å². The van der Waals surface area contributed by atoms with E-state index in [1.807, 2.05) is 17.0 Å². The summed E-state index contributed by atoms with van der Waals surface area (Å²) in [5, 5.41) is 0.439. The third kappa shape index (κ3) is 6.10. The average molecular weight is 556 g/mol. The third-order valence-electron chi connectivity index (χ3n) is 5.38. The zero-order chi connectivity index (χ0) is 25.2. The van der Waals surface area contributed by atoms with E-state index in [-0.39, 0.29) is 32.4 Å². The number of aromatic nitrogens is 1. The molecule has 12 heteroatoms. The Hall–Kier alpha value is -2.72. The van der Waals surface area contributed by atoms with Gasteiger partial charge in [-0.25, -0.2) is 13.4 Å². The molecule has 0 spiro atoms. The van der Waals surface area contributed by atoms with E-state index in [0.29, 0.717) is 23.9 Å². The predicted molar refractivity (Wildman–Crippen MR) is 138 cm³/mol. The topological polar surface area (TPSA) is 91.8 Å². The monoisotopic (exact) mass is 554 g/mol. The van der Waals surface area contributed by atoms with Crippen molar-refractivity contribution in [3.05, 3.63) is 69.8 Å². The number of sulfonamides is 1. The van der Waals surface area contributed by atoms with Crippen LogP contribution in [0.15, 0.2) is 59.6 Å². The molecule has 1 aromatic heterocycles. The molecule has 0 radical (unpaired) electrons. The standard InChI is InChI=1S/C23H21Cl3N4O4S/c1-15(31)29-8-10-30(11-9-29)18-3-5-19(6-4-18)34-23-21(26)13-17(14-27-23)28-35(32,33)22-7-2-16(24)12-20(22)25/h2-7,12-14,28H,8-11H2,1H3. The molecule has 1 fully saturated rings. The van der Waals surface area contributed by atoms with Crippen LogP contribution in [0.25, 0.3) is 0 Å². The van der Waals surface area contributed by atoms with Gasteiger partial charge in [0.05, 0.1) is 16.9 Å². The second-order valence-electron chi connectivity index (χ2n) is 7.78. The second-order valence-corrected chi connectivity index (χ2v) is 10.7. The summed E-state index contributed by atoms with van der Waals surface area (Å²) in [6.07, 6.45) is 1.30. The number of anilines is 2. The minimum absolute atomic E-state index is 0.00631. The molecular weight excluding hydrogens is 535 g/mol. The molecule has 0 bridgehead atoms. The summed E-state index contributed by atoms with van der Waals surface area (Å²) >= 11 is 18.2. The Morgan fingerprint density at radius 3 is 2.26 bits per heavy atom. The van der Waals surface area contributed by atoms with Crippen LogP contribution in [-0.4, -0.2) is 50.4 Å². The number of pyridine rings is 1. The second kappa shape index (κ2) is 10.5. The lowest BCUT2D eigenvalue weighted by atomic mass is 10.2. The first-order valence-electron chi connectivity index (χ1n) is 10.5. The lowest BCUT2D eigenvalue weighted by Crippen LogP contribution is -2.48. The summed E-state index contributed by atoms with van der Waals surface area (Å²) in [6, 6.07) is 12.9. The molecule has 3 aromatic rings. The fraction of sp³-hybridized carbons (Fsp3) is 0.217. The molecule has 1 N–H and O–H groups in total. The number of ether oxygens (including phenoxy) is 1. The number of carbonyl (C=O) groups is 1. The molecule has 1 saturated heterocycles. The van der Waals surface area contributed by atoms with Crippen molar-refractivity contribution in [2.75, 3.05) is 35.8 Å². The molecule has 2 aromatic carbocycles. The summed E-state index contributed by atoms with van der Waals surface area (Å²) in [5.41, 5.74) is 1.17. The Kier molecular flexibility index (Phi) is 7.61. The number of nitrogens with zero attached hydrogens (tertiary/aromatic N) is 3. The van der Waals surface area contributed by atoms with Gasteiger partial charge in [0.25, 0.3) is 10.0 Å². The highest BCUT2D eigenvalue weighted by atomic mass is 35.5. The Bertz CT molecular complexity index is 1350. The minimum Gasteiger partial charge on any atom is -0.438 e. The third-order valence-corrected chi connectivity index (χ3v) is 7.75. The molecule has 4 rings (SSSR count). The van der Waals surface area contributed by atoms with Crippen LogP contribution in [-0.2, 0) is 14.8 Å². The molecular formula is C23H21Cl3N4O4S. The Labute approximate surface area is 218 Å².